The standard InChI is InChI=1S/C9H12INO/c10-5-6-11-7-8-1-3-9(12)4-2-8/h1-4,11-12H,5-7H2. The van der Waals surface area contributed by atoms with Gasteiger partial charge in [-0.1, -0.05) is 34.7 Å². The average molecular weight is 277 g/mol. The summed E-state index contributed by atoms with van der Waals surface area (Å²) in [6.45, 7) is 1.91. The summed E-state index contributed by atoms with van der Waals surface area (Å²) in [4.78, 5) is 0. The fraction of sp³-hybridized carbons (Fsp3) is 0.333. The first-order valence-corrected chi connectivity index (χ1v) is 5.40. The summed E-state index contributed by atoms with van der Waals surface area (Å²) in [6, 6.07) is 7.27. The largest absolute Gasteiger partial charge is 0.508 e. The lowest BCUT2D eigenvalue weighted by Gasteiger charge is -2.02. The maximum atomic E-state index is 9.01. The minimum atomic E-state index is 0.327. The Kier molecular flexibility index (Phi) is 4.39. The van der Waals surface area contributed by atoms with E-state index in [-0.39, 0.29) is 0 Å². The molecule has 1 aromatic rings. The SMILES string of the molecule is Oc1ccc(CNCCI)cc1. The van der Waals surface area contributed by atoms with Crippen molar-refractivity contribution >= 4 is 22.6 Å². The van der Waals surface area contributed by atoms with Crippen LogP contribution in [-0.2, 0) is 6.54 Å². The summed E-state index contributed by atoms with van der Waals surface area (Å²) in [6.07, 6.45) is 0. The number of rotatable bonds is 4. The van der Waals surface area contributed by atoms with Crippen molar-refractivity contribution in [3.05, 3.63) is 29.8 Å². The van der Waals surface area contributed by atoms with Crippen molar-refractivity contribution in [3.63, 3.8) is 0 Å². The number of aromatic hydroxyl groups is 1. The summed E-state index contributed by atoms with van der Waals surface area (Å²) in [5, 5.41) is 12.3. The minimum absolute atomic E-state index is 0.327. The molecule has 0 bridgehead atoms. The van der Waals surface area contributed by atoms with Crippen molar-refractivity contribution in [2.75, 3.05) is 11.0 Å². The van der Waals surface area contributed by atoms with Crippen molar-refractivity contribution in [2.45, 2.75) is 6.54 Å². The number of nitrogens with one attached hydrogen (secondary N) is 1. The Morgan fingerprint density at radius 2 is 1.92 bits per heavy atom. The molecule has 3 heteroatoms. The number of halogens is 1. The summed E-state index contributed by atoms with van der Waals surface area (Å²) in [7, 11) is 0. The Morgan fingerprint density at radius 3 is 2.50 bits per heavy atom. The molecule has 2 N–H and O–H groups in total. The molecule has 0 atom stereocenters. The topological polar surface area (TPSA) is 32.3 Å². The molecular weight excluding hydrogens is 265 g/mol. The number of alkyl halides is 1. The number of hydrogen-bond donors (Lipinski definition) is 2. The molecule has 0 aliphatic rings. The van der Waals surface area contributed by atoms with Gasteiger partial charge >= 0.3 is 0 Å². The van der Waals surface area contributed by atoms with Gasteiger partial charge in [0.2, 0.25) is 0 Å². The van der Waals surface area contributed by atoms with Gasteiger partial charge in [-0.3, -0.25) is 0 Å². The molecule has 0 saturated carbocycles. The highest BCUT2D eigenvalue weighted by molar-refractivity contribution is 14.1. The maximum Gasteiger partial charge on any atom is 0.115 e. The first-order chi connectivity index (χ1) is 5.83. The average Bonchev–Trinajstić information content (AvgIpc) is 2.09. The second-order valence-electron chi connectivity index (χ2n) is 2.53. The van der Waals surface area contributed by atoms with E-state index >= 15 is 0 Å². The molecule has 1 aromatic carbocycles. The monoisotopic (exact) mass is 277 g/mol. The van der Waals surface area contributed by atoms with Crippen LogP contribution in [0, 0.1) is 0 Å². The fourth-order valence-corrected chi connectivity index (χ4v) is 1.29. The molecule has 12 heavy (non-hydrogen) atoms. The second kappa shape index (κ2) is 5.37. The third-order valence-electron chi connectivity index (χ3n) is 1.54. The fourth-order valence-electron chi connectivity index (χ4n) is 0.913. The summed E-state index contributed by atoms with van der Waals surface area (Å²) >= 11 is 2.33. The molecule has 0 heterocycles. The third kappa shape index (κ3) is 3.40. The summed E-state index contributed by atoms with van der Waals surface area (Å²) in [5.41, 5.74) is 1.21. The molecular formula is C9H12INO. The molecule has 66 valence electrons. The second-order valence-corrected chi connectivity index (χ2v) is 3.61. The molecule has 0 aromatic heterocycles. The van der Waals surface area contributed by atoms with Gasteiger partial charge in [0.15, 0.2) is 0 Å². The van der Waals surface area contributed by atoms with Crippen molar-refractivity contribution < 1.29 is 5.11 Å². The smallest absolute Gasteiger partial charge is 0.115 e. The molecule has 0 radical (unpaired) electrons. The molecule has 2 nitrogen and oxygen atoms in total. The van der Waals surface area contributed by atoms with Crippen LogP contribution in [0.3, 0.4) is 0 Å². The normalized spacial score (nSPS) is 10.1. The van der Waals surface area contributed by atoms with Crippen molar-refractivity contribution in [2.24, 2.45) is 0 Å². The van der Waals surface area contributed by atoms with Crippen LogP contribution in [0.15, 0.2) is 24.3 Å². The lowest BCUT2D eigenvalue weighted by atomic mass is 10.2. The molecule has 0 spiro atoms. The maximum absolute atomic E-state index is 9.01. The highest BCUT2D eigenvalue weighted by atomic mass is 127. The predicted molar refractivity (Wildman–Crippen MR) is 58.7 cm³/mol. The van der Waals surface area contributed by atoms with Crippen LogP contribution in [-0.4, -0.2) is 16.1 Å². The molecule has 0 unspecified atom stereocenters. The van der Waals surface area contributed by atoms with E-state index in [0.717, 1.165) is 17.5 Å². The molecule has 0 saturated heterocycles. The summed E-state index contributed by atoms with van der Waals surface area (Å²) in [5.74, 6) is 0.327. The zero-order valence-electron chi connectivity index (χ0n) is 6.76. The van der Waals surface area contributed by atoms with Gasteiger partial charge in [0.25, 0.3) is 0 Å². The van der Waals surface area contributed by atoms with E-state index in [4.69, 9.17) is 5.11 Å². The quantitative estimate of drug-likeness (QED) is 0.500. The molecule has 0 aliphatic carbocycles. The van der Waals surface area contributed by atoms with Crippen LogP contribution < -0.4 is 5.32 Å². The van der Waals surface area contributed by atoms with Crippen LogP contribution >= 0.6 is 22.6 Å². The summed E-state index contributed by atoms with van der Waals surface area (Å²) < 4.78 is 1.12. The van der Waals surface area contributed by atoms with E-state index in [0.29, 0.717) is 5.75 Å². The lowest BCUT2D eigenvalue weighted by molar-refractivity contribution is 0.475. The Morgan fingerprint density at radius 1 is 1.25 bits per heavy atom. The zero-order chi connectivity index (χ0) is 8.81. The van der Waals surface area contributed by atoms with Crippen LogP contribution in [0.1, 0.15) is 5.56 Å². The highest BCUT2D eigenvalue weighted by Gasteiger charge is 1.91. The minimum Gasteiger partial charge on any atom is -0.508 e. The molecule has 1 rings (SSSR count). The van der Waals surface area contributed by atoms with Crippen molar-refractivity contribution in [3.8, 4) is 5.75 Å². The van der Waals surface area contributed by atoms with E-state index in [2.05, 4.69) is 27.9 Å². The van der Waals surface area contributed by atoms with Crippen molar-refractivity contribution in [1.82, 2.24) is 5.32 Å². The zero-order valence-corrected chi connectivity index (χ0v) is 8.91. The Bertz CT molecular complexity index is 222. The number of hydrogen-bond acceptors (Lipinski definition) is 2. The van der Waals surface area contributed by atoms with E-state index in [9.17, 15) is 0 Å². The first-order valence-electron chi connectivity index (χ1n) is 3.87. The van der Waals surface area contributed by atoms with Gasteiger partial charge in [0, 0.05) is 17.5 Å². The van der Waals surface area contributed by atoms with Gasteiger partial charge in [-0.05, 0) is 17.7 Å². The van der Waals surface area contributed by atoms with Crippen LogP contribution in [0.2, 0.25) is 0 Å². The van der Waals surface area contributed by atoms with Gasteiger partial charge in [0.05, 0.1) is 0 Å². The Labute approximate surface area is 86.1 Å². The first kappa shape index (κ1) is 9.80. The van der Waals surface area contributed by atoms with Crippen LogP contribution in [0.25, 0.3) is 0 Å². The van der Waals surface area contributed by atoms with Gasteiger partial charge in [-0.15, -0.1) is 0 Å². The molecule has 0 aliphatic heterocycles. The number of phenols is 1. The van der Waals surface area contributed by atoms with Gasteiger partial charge in [-0.2, -0.15) is 0 Å². The van der Waals surface area contributed by atoms with Crippen LogP contribution in [0.4, 0.5) is 0 Å². The lowest BCUT2D eigenvalue weighted by Crippen LogP contribution is -2.15. The van der Waals surface area contributed by atoms with Gasteiger partial charge < -0.3 is 10.4 Å². The number of phenolic OH excluding ortho intramolecular Hbond substituents is 1. The van der Waals surface area contributed by atoms with E-state index < -0.39 is 0 Å². The highest BCUT2D eigenvalue weighted by Crippen LogP contribution is 2.08. The van der Waals surface area contributed by atoms with E-state index in [1.807, 2.05) is 12.1 Å². The molecule has 0 amide bonds. The van der Waals surface area contributed by atoms with E-state index in [1.54, 1.807) is 12.1 Å². The number of benzene rings is 1. The van der Waals surface area contributed by atoms with Crippen molar-refractivity contribution in [1.29, 1.82) is 0 Å². The van der Waals surface area contributed by atoms with E-state index in [1.165, 1.54) is 5.56 Å². The van der Waals surface area contributed by atoms with Gasteiger partial charge in [0.1, 0.15) is 5.75 Å². The Hall–Kier alpha value is -0.290. The molecule has 0 fully saturated rings. The van der Waals surface area contributed by atoms with Crippen LogP contribution in [0.5, 0.6) is 5.75 Å². The van der Waals surface area contributed by atoms with Gasteiger partial charge in [-0.25, -0.2) is 0 Å². The third-order valence-corrected chi connectivity index (χ3v) is 2.08. The predicted octanol–water partition coefficient (Wildman–Crippen LogP) is 1.92. The Balaban J connectivity index is 2.37.